The van der Waals surface area contributed by atoms with E-state index >= 15 is 0 Å². The number of aromatic nitrogens is 2. The number of rotatable bonds is 2. The molecule has 37 heavy (non-hydrogen) atoms. The molecule has 0 aliphatic heterocycles. The first-order chi connectivity index (χ1) is 18.3. The summed E-state index contributed by atoms with van der Waals surface area (Å²) in [5.41, 5.74) is 11.6. The lowest BCUT2D eigenvalue weighted by Gasteiger charge is -2.22. The van der Waals surface area contributed by atoms with Crippen molar-refractivity contribution in [3.05, 3.63) is 95.3 Å². The van der Waals surface area contributed by atoms with Crippen molar-refractivity contribution >= 4 is 27.2 Å². The topological polar surface area (TPSA) is 8.29 Å². The van der Waals surface area contributed by atoms with E-state index in [2.05, 4.69) is 90.4 Å². The molecular weight excluding hydrogens is 448 g/mol. The van der Waals surface area contributed by atoms with E-state index < -0.39 is 11.8 Å². The Kier molecular flexibility index (Phi) is 3.98. The van der Waals surface area contributed by atoms with Gasteiger partial charge in [0.05, 0.1) is 16.6 Å². The molecule has 0 spiro atoms. The third-order valence-electron chi connectivity index (χ3n) is 8.25. The largest absolute Gasteiger partial charge is 0.311 e. The molecule has 0 radical (unpaired) electrons. The highest BCUT2D eigenvalue weighted by Gasteiger charge is 2.41. The second-order valence-electron chi connectivity index (χ2n) is 12.4. The van der Waals surface area contributed by atoms with Crippen molar-refractivity contribution in [2.45, 2.75) is 53.3 Å². The van der Waals surface area contributed by atoms with E-state index in [0.717, 1.165) is 5.69 Å². The van der Waals surface area contributed by atoms with Crippen molar-refractivity contribution in [2.75, 3.05) is 0 Å². The van der Waals surface area contributed by atoms with Crippen LogP contribution in [0.1, 0.15) is 59.7 Å². The highest BCUT2D eigenvalue weighted by molar-refractivity contribution is 6.20. The standard InChI is InChI=1S/C35H35N2/c1-21-17-27-23-12-10-13-25-31-24-11-8-9-14-28(24)35(5,6)33(31)37(32(23)25)30(27)18-26(21)29-16-15-22(20-36(29)7)19-34(2,3)4/h8-18,20H,19H2,1-7H3/q+1/i19D2. The van der Waals surface area contributed by atoms with Crippen LogP contribution in [0.25, 0.3) is 49.6 Å². The molecule has 2 heteroatoms. The number of hydrogen-bond acceptors (Lipinski definition) is 0. The molecule has 0 atom stereocenters. The Balaban J connectivity index is 1.52. The van der Waals surface area contributed by atoms with Crippen LogP contribution in [0.5, 0.6) is 0 Å². The predicted octanol–water partition coefficient (Wildman–Crippen LogP) is 8.38. The van der Waals surface area contributed by atoms with E-state index in [4.69, 9.17) is 2.74 Å². The van der Waals surface area contributed by atoms with Gasteiger partial charge in [-0.2, -0.15) is 0 Å². The van der Waals surface area contributed by atoms with Gasteiger partial charge >= 0.3 is 0 Å². The summed E-state index contributed by atoms with van der Waals surface area (Å²) >= 11 is 0. The summed E-state index contributed by atoms with van der Waals surface area (Å²) < 4.78 is 22.2. The lowest BCUT2D eigenvalue weighted by molar-refractivity contribution is -0.660. The fraction of sp³-hybridized carbons (Fsp3) is 0.286. The summed E-state index contributed by atoms with van der Waals surface area (Å²) in [6.45, 7) is 12.8. The number of pyridine rings is 1. The van der Waals surface area contributed by atoms with Gasteiger partial charge in [-0.3, -0.25) is 0 Å². The number of aryl methyl sites for hydroxylation is 2. The van der Waals surface area contributed by atoms with Gasteiger partial charge in [-0.15, -0.1) is 0 Å². The van der Waals surface area contributed by atoms with E-state index in [1.165, 1.54) is 60.7 Å². The highest BCUT2D eigenvalue weighted by Crippen LogP contribution is 2.54. The van der Waals surface area contributed by atoms with Gasteiger partial charge in [0.25, 0.3) is 0 Å². The Hall–Kier alpha value is -3.65. The molecule has 0 saturated carbocycles. The first-order valence-electron chi connectivity index (χ1n) is 14.3. The van der Waals surface area contributed by atoms with Crippen LogP contribution in [-0.2, 0) is 18.8 Å². The van der Waals surface area contributed by atoms with Crippen LogP contribution in [0.2, 0.25) is 0 Å². The van der Waals surface area contributed by atoms with E-state index in [-0.39, 0.29) is 5.41 Å². The lowest BCUT2D eigenvalue weighted by atomic mass is 9.85. The summed E-state index contributed by atoms with van der Waals surface area (Å²) in [6.07, 6.45) is 0.531. The Bertz CT molecular complexity index is 1970. The molecule has 0 unspecified atom stereocenters. The normalized spacial score (nSPS) is 15.9. The Morgan fingerprint density at radius 2 is 1.65 bits per heavy atom. The van der Waals surface area contributed by atoms with Gasteiger partial charge in [-0.25, -0.2) is 4.57 Å². The SMILES string of the molecule is [2H]C([2H])(c1ccc(-c2cc3c(cc2C)c2cccc4c5c(n3c42)C(C)(C)c2ccccc2-5)[n+](C)c1)C(C)(C)C. The third-order valence-corrected chi connectivity index (χ3v) is 8.25. The zero-order chi connectivity index (χ0) is 27.6. The molecule has 7 rings (SSSR count). The quantitative estimate of drug-likeness (QED) is 0.218. The molecule has 6 aromatic rings. The molecule has 3 aromatic carbocycles. The first-order valence-corrected chi connectivity index (χ1v) is 13.3. The van der Waals surface area contributed by atoms with Crippen molar-refractivity contribution in [3.63, 3.8) is 0 Å². The Labute approximate surface area is 222 Å². The lowest BCUT2D eigenvalue weighted by Crippen LogP contribution is -2.32. The van der Waals surface area contributed by atoms with Gasteiger partial charge in [0.1, 0.15) is 7.05 Å². The number of nitrogens with zero attached hydrogens (tertiary/aromatic N) is 2. The number of benzene rings is 3. The smallest absolute Gasteiger partial charge is 0.212 e. The average molecular weight is 486 g/mol. The summed E-state index contributed by atoms with van der Waals surface area (Å²) in [5.74, 6) is 0. The minimum absolute atomic E-state index is 0.111. The Morgan fingerprint density at radius 3 is 2.41 bits per heavy atom. The maximum atomic E-state index is 8.77. The van der Waals surface area contributed by atoms with Crippen molar-refractivity contribution in [1.29, 1.82) is 0 Å². The summed E-state index contributed by atoms with van der Waals surface area (Å²) in [7, 11) is 2.03. The van der Waals surface area contributed by atoms with Crippen molar-refractivity contribution < 1.29 is 7.31 Å². The molecule has 0 saturated heterocycles. The van der Waals surface area contributed by atoms with Crippen LogP contribution in [0, 0.1) is 12.3 Å². The summed E-state index contributed by atoms with van der Waals surface area (Å²) in [4.78, 5) is 0. The average Bonchev–Trinajstić information content (AvgIpc) is 3.47. The number of hydrogen-bond donors (Lipinski definition) is 0. The van der Waals surface area contributed by atoms with Crippen LogP contribution >= 0.6 is 0 Å². The van der Waals surface area contributed by atoms with Gasteiger partial charge in [-0.1, -0.05) is 77.1 Å². The zero-order valence-corrected chi connectivity index (χ0v) is 22.8. The summed E-state index contributed by atoms with van der Waals surface area (Å²) in [6, 6.07) is 24.4. The third kappa shape index (κ3) is 3.02. The molecule has 1 aliphatic carbocycles. The molecule has 0 amide bonds. The van der Waals surface area contributed by atoms with Crippen LogP contribution in [0.15, 0.2) is 72.9 Å². The minimum atomic E-state index is -1.43. The molecule has 2 nitrogen and oxygen atoms in total. The molecule has 3 aromatic heterocycles. The second-order valence-corrected chi connectivity index (χ2v) is 12.4. The van der Waals surface area contributed by atoms with Gasteiger partial charge in [0.2, 0.25) is 5.69 Å². The maximum absolute atomic E-state index is 8.77. The number of para-hydroxylation sites is 1. The molecule has 1 aliphatic rings. The fourth-order valence-electron chi connectivity index (χ4n) is 6.80. The molecule has 0 bridgehead atoms. The maximum Gasteiger partial charge on any atom is 0.212 e. The zero-order valence-electron chi connectivity index (χ0n) is 24.8. The number of fused-ring (bicyclic) bond motifs is 8. The minimum Gasteiger partial charge on any atom is -0.311 e. The molecular formula is C35H35N2+. The van der Waals surface area contributed by atoms with E-state index in [9.17, 15) is 0 Å². The second kappa shape index (κ2) is 7.22. The molecule has 0 fully saturated rings. The van der Waals surface area contributed by atoms with E-state index in [1.807, 2.05) is 40.1 Å². The van der Waals surface area contributed by atoms with Gasteiger partial charge < -0.3 is 4.40 Å². The monoisotopic (exact) mass is 485 g/mol. The fourth-order valence-corrected chi connectivity index (χ4v) is 6.80. The van der Waals surface area contributed by atoms with Gasteiger partial charge in [0, 0.05) is 47.2 Å². The van der Waals surface area contributed by atoms with E-state index in [1.54, 1.807) is 0 Å². The van der Waals surface area contributed by atoms with Crippen molar-refractivity contribution in [1.82, 2.24) is 4.40 Å². The molecule has 0 N–H and O–H groups in total. The first kappa shape index (κ1) is 20.4. The van der Waals surface area contributed by atoms with Crippen LogP contribution < -0.4 is 4.57 Å². The van der Waals surface area contributed by atoms with Crippen LogP contribution in [0.4, 0.5) is 0 Å². The highest BCUT2D eigenvalue weighted by atomic mass is 15.0. The van der Waals surface area contributed by atoms with Gasteiger partial charge in [-0.05, 0) is 53.6 Å². The van der Waals surface area contributed by atoms with E-state index in [0.29, 0.717) is 5.56 Å². The van der Waals surface area contributed by atoms with Crippen LogP contribution in [-0.4, -0.2) is 4.40 Å². The van der Waals surface area contributed by atoms with Crippen molar-refractivity contribution in [2.24, 2.45) is 12.5 Å². The van der Waals surface area contributed by atoms with Gasteiger partial charge in [0.15, 0.2) is 6.20 Å². The van der Waals surface area contributed by atoms with Crippen molar-refractivity contribution in [3.8, 4) is 22.4 Å². The molecule has 184 valence electrons. The van der Waals surface area contributed by atoms with Crippen LogP contribution in [0.3, 0.4) is 0 Å². The summed E-state index contributed by atoms with van der Waals surface area (Å²) in [5, 5.41) is 3.92. The molecule has 3 heterocycles. The predicted molar refractivity (Wildman–Crippen MR) is 156 cm³/mol. The Morgan fingerprint density at radius 1 is 0.892 bits per heavy atom.